The van der Waals surface area contributed by atoms with Crippen molar-refractivity contribution in [3.05, 3.63) is 5.82 Å². The first kappa shape index (κ1) is 13.3. The van der Waals surface area contributed by atoms with Crippen LogP contribution in [0, 0.1) is 5.92 Å². The number of aromatic nitrogens is 2. The van der Waals surface area contributed by atoms with Gasteiger partial charge in [0.05, 0.1) is 6.10 Å². The van der Waals surface area contributed by atoms with E-state index in [9.17, 15) is 5.11 Å². The third kappa shape index (κ3) is 2.63. The summed E-state index contributed by atoms with van der Waals surface area (Å²) in [6.07, 6.45) is 7.83. The van der Waals surface area contributed by atoms with E-state index in [2.05, 4.69) is 21.2 Å². The number of aryl methyl sites for hydroxylation is 1. The Morgan fingerprint density at radius 2 is 2.16 bits per heavy atom. The highest BCUT2D eigenvalue weighted by Crippen LogP contribution is 2.37. The van der Waals surface area contributed by atoms with Gasteiger partial charge in [-0.1, -0.05) is 13.3 Å². The highest BCUT2D eigenvalue weighted by Gasteiger charge is 2.38. The molecule has 1 aliphatic carbocycles. The SMILES string of the molecule is CCc1nsc(N2CCCC[C@@H]2[C@H]2CCC[C@H]2O)n1. The minimum atomic E-state index is -0.107. The lowest BCUT2D eigenvalue weighted by Gasteiger charge is -2.40. The Labute approximate surface area is 119 Å². The molecule has 5 heteroatoms. The summed E-state index contributed by atoms with van der Waals surface area (Å²) >= 11 is 1.53. The Morgan fingerprint density at radius 3 is 2.84 bits per heavy atom. The van der Waals surface area contributed by atoms with Gasteiger partial charge in [-0.2, -0.15) is 4.37 Å². The second-order valence-corrected chi connectivity index (χ2v) is 6.50. The van der Waals surface area contributed by atoms with Crippen LogP contribution in [0.15, 0.2) is 0 Å². The zero-order chi connectivity index (χ0) is 13.2. The van der Waals surface area contributed by atoms with Crippen molar-refractivity contribution in [1.29, 1.82) is 0 Å². The first-order valence-corrected chi connectivity index (χ1v) is 8.34. The third-order valence-corrected chi connectivity index (χ3v) is 5.39. The fraction of sp³-hybridized carbons (Fsp3) is 0.857. The summed E-state index contributed by atoms with van der Waals surface area (Å²) in [5.41, 5.74) is 0. The molecular formula is C14H23N3OS. The van der Waals surface area contributed by atoms with Gasteiger partial charge in [0.25, 0.3) is 0 Å². The highest BCUT2D eigenvalue weighted by atomic mass is 32.1. The van der Waals surface area contributed by atoms with Crippen molar-refractivity contribution in [3.8, 4) is 0 Å². The molecule has 0 radical (unpaired) electrons. The van der Waals surface area contributed by atoms with E-state index in [1.165, 1.54) is 43.6 Å². The molecule has 0 aromatic carbocycles. The maximum Gasteiger partial charge on any atom is 0.205 e. The van der Waals surface area contributed by atoms with Crippen LogP contribution in [0.2, 0.25) is 0 Å². The second kappa shape index (κ2) is 5.75. The van der Waals surface area contributed by atoms with Crippen LogP contribution in [-0.4, -0.2) is 33.2 Å². The number of anilines is 1. The highest BCUT2D eigenvalue weighted by molar-refractivity contribution is 7.09. The van der Waals surface area contributed by atoms with Crippen LogP contribution >= 0.6 is 11.5 Å². The van der Waals surface area contributed by atoms with Crippen molar-refractivity contribution in [2.75, 3.05) is 11.4 Å². The quantitative estimate of drug-likeness (QED) is 0.925. The molecule has 19 heavy (non-hydrogen) atoms. The molecule has 1 saturated carbocycles. The smallest absolute Gasteiger partial charge is 0.205 e. The molecule has 1 saturated heterocycles. The number of rotatable bonds is 3. The largest absolute Gasteiger partial charge is 0.393 e. The molecule has 2 heterocycles. The van der Waals surface area contributed by atoms with E-state index in [1.807, 2.05) is 0 Å². The lowest BCUT2D eigenvalue weighted by molar-refractivity contribution is 0.110. The van der Waals surface area contributed by atoms with Crippen LogP contribution in [0.3, 0.4) is 0 Å². The zero-order valence-electron chi connectivity index (χ0n) is 11.6. The molecule has 0 spiro atoms. The van der Waals surface area contributed by atoms with Gasteiger partial charge in [-0.25, -0.2) is 4.98 Å². The maximum atomic E-state index is 10.2. The maximum absolute atomic E-state index is 10.2. The molecule has 1 aliphatic heterocycles. The number of hydrogen-bond donors (Lipinski definition) is 1. The normalized spacial score (nSPS) is 31.9. The molecule has 1 aromatic rings. The summed E-state index contributed by atoms with van der Waals surface area (Å²) in [4.78, 5) is 7.08. The molecule has 0 unspecified atom stereocenters. The van der Waals surface area contributed by atoms with Gasteiger partial charge >= 0.3 is 0 Å². The average molecular weight is 281 g/mol. The zero-order valence-corrected chi connectivity index (χ0v) is 12.4. The van der Waals surface area contributed by atoms with Crippen LogP contribution in [0.5, 0.6) is 0 Å². The lowest BCUT2D eigenvalue weighted by Crippen LogP contribution is -2.46. The average Bonchev–Trinajstić information content (AvgIpc) is 3.07. The molecule has 4 nitrogen and oxygen atoms in total. The van der Waals surface area contributed by atoms with E-state index in [1.54, 1.807) is 0 Å². The molecule has 106 valence electrons. The Morgan fingerprint density at radius 1 is 1.26 bits per heavy atom. The minimum Gasteiger partial charge on any atom is -0.393 e. The number of nitrogens with zero attached hydrogens (tertiary/aromatic N) is 3. The molecule has 2 aliphatic rings. The minimum absolute atomic E-state index is 0.107. The van der Waals surface area contributed by atoms with E-state index in [4.69, 9.17) is 0 Å². The molecule has 2 fully saturated rings. The fourth-order valence-electron chi connectivity index (χ4n) is 3.56. The van der Waals surface area contributed by atoms with Crippen LogP contribution < -0.4 is 4.90 Å². The number of aliphatic hydroxyl groups is 1. The molecule has 1 aromatic heterocycles. The van der Waals surface area contributed by atoms with Crippen molar-refractivity contribution in [1.82, 2.24) is 9.36 Å². The van der Waals surface area contributed by atoms with Crippen molar-refractivity contribution in [3.63, 3.8) is 0 Å². The summed E-state index contributed by atoms with van der Waals surface area (Å²) in [5, 5.41) is 11.3. The Hall–Kier alpha value is -0.680. The van der Waals surface area contributed by atoms with E-state index >= 15 is 0 Å². The summed E-state index contributed by atoms with van der Waals surface area (Å²) in [6.45, 7) is 3.17. The first-order valence-electron chi connectivity index (χ1n) is 7.57. The van der Waals surface area contributed by atoms with E-state index < -0.39 is 0 Å². The van der Waals surface area contributed by atoms with Crippen LogP contribution in [-0.2, 0) is 6.42 Å². The standard InChI is InChI=1S/C14H23N3OS/c1-2-13-15-14(19-16-13)17-9-4-3-7-11(17)10-6-5-8-12(10)18/h10-12,18H,2-9H2,1H3/t10-,11-,12-/m1/s1. The molecular weight excluding hydrogens is 258 g/mol. The van der Waals surface area contributed by atoms with Gasteiger partial charge < -0.3 is 10.0 Å². The van der Waals surface area contributed by atoms with Gasteiger partial charge in [0.2, 0.25) is 5.13 Å². The van der Waals surface area contributed by atoms with Crippen molar-refractivity contribution < 1.29 is 5.11 Å². The fourth-order valence-corrected chi connectivity index (χ4v) is 4.40. The molecule has 1 N–H and O–H groups in total. The van der Waals surface area contributed by atoms with Crippen LogP contribution in [0.1, 0.15) is 51.3 Å². The predicted molar refractivity (Wildman–Crippen MR) is 77.6 cm³/mol. The van der Waals surface area contributed by atoms with Gasteiger partial charge in [0.1, 0.15) is 5.82 Å². The predicted octanol–water partition coefficient (Wildman–Crippen LogP) is 2.62. The Balaban J connectivity index is 1.80. The van der Waals surface area contributed by atoms with Crippen LogP contribution in [0.4, 0.5) is 5.13 Å². The molecule has 0 bridgehead atoms. The third-order valence-electron chi connectivity index (χ3n) is 4.59. The number of hydrogen-bond acceptors (Lipinski definition) is 5. The van der Waals surface area contributed by atoms with Gasteiger partial charge in [-0.15, -0.1) is 0 Å². The van der Waals surface area contributed by atoms with Gasteiger partial charge in [-0.3, -0.25) is 0 Å². The molecule has 3 atom stereocenters. The topological polar surface area (TPSA) is 49.2 Å². The van der Waals surface area contributed by atoms with Crippen molar-refractivity contribution in [2.45, 2.75) is 64.0 Å². The second-order valence-electron chi connectivity index (χ2n) is 5.77. The Bertz CT molecular complexity index is 423. The van der Waals surface area contributed by atoms with Crippen molar-refractivity contribution in [2.24, 2.45) is 5.92 Å². The summed E-state index contributed by atoms with van der Waals surface area (Å²) in [6, 6.07) is 0.476. The number of aliphatic hydroxyl groups excluding tert-OH is 1. The first-order chi connectivity index (χ1) is 9.29. The van der Waals surface area contributed by atoms with Crippen LogP contribution in [0.25, 0.3) is 0 Å². The number of piperidine rings is 1. The molecule has 3 rings (SSSR count). The lowest BCUT2D eigenvalue weighted by atomic mass is 9.88. The van der Waals surface area contributed by atoms with E-state index in [0.717, 1.165) is 30.3 Å². The summed E-state index contributed by atoms with van der Waals surface area (Å²) in [5.74, 6) is 1.39. The molecule has 0 amide bonds. The monoisotopic (exact) mass is 281 g/mol. The Kier molecular flexibility index (Phi) is 4.03. The van der Waals surface area contributed by atoms with E-state index in [-0.39, 0.29) is 6.10 Å². The van der Waals surface area contributed by atoms with Gasteiger partial charge in [-0.05, 0) is 32.1 Å². The van der Waals surface area contributed by atoms with Gasteiger partial charge in [0.15, 0.2) is 0 Å². The van der Waals surface area contributed by atoms with Crippen molar-refractivity contribution >= 4 is 16.7 Å². The summed E-state index contributed by atoms with van der Waals surface area (Å²) < 4.78 is 4.42. The summed E-state index contributed by atoms with van der Waals surface area (Å²) in [7, 11) is 0. The van der Waals surface area contributed by atoms with Gasteiger partial charge in [0, 0.05) is 36.5 Å². The van der Waals surface area contributed by atoms with E-state index in [0.29, 0.717) is 12.0 Å².